The lowest BCUT2D eigenvalue weighted by atomic mass is 10.1. The molecule has 3 rings (SSSR count). The Hall–Kier alpha value is -3.13. The van der Waals surface area contributed by atoms with E-state index in [-0.39, 0.29) is 23.3 Å². The van der Waals surface area contributed by atoms with Gasteiger partial charge in [-0.2, -0.15) is 0 Å². The number of hydrogen-bond donors (Lipinski definition) is 1. The second-order valence-electron chi connectivity index (χ2n) is 6.91. The van der Waals surface area contributed by atoms with Crippen molar-refractivity contribution in [2.75, 3.05) is 17.8 Å². The molecule has 0 fully saturated rings. The van der Waals surface area contributed by atoms with Crippen molar-refractivity contribution in [2.45, 2.75) is 31.5 Å². The molecule has 0 saturated carbocycles. The summed E-state index contributed by atoms with van der Waals surface area (Å²) in [6.07, 6.45) is 0.366. The van der Waals surface area contributed by atoms with Crippen molar-refractivity contribution in [1.82, 2.24) is 15.2 Å². The molecule has 156 valence electrons. The average molecular weight is 425 g/mol. The fraction of sp³-hybridized carbons (Fsp3) is 0.273. The maximum absolute atomic E-state index is 12.8. The van der Waals surface area contributed by atoms with Crippen molar-refractivity contribution >= 4 is 23.4 Å². The monoisotopic (exact) mass is 424 g/mol. The summed E-state index contributed by atoms with van der Waals surface area (Å²) in [4.78, 5) is 29.6. The molecule has 0 unspecified atom stereocenters. The van der Waals surface area contributed by atoms with E-state index in [2.05, 4.69) is 15.2 Å². The summed E-state index contributed by atoms with van der Waals surface area (Å²) in [7, 11) is 1.60. The first-order valence-corrected chi connectivity index (χ1v) is 10.5. The number of rotatable bonds is 8. The summed E-state index contributed by atoms with van der Waals surface area (Å²) >= 11 is 1.17. The quantitative estimate of drug-likeness (QED) is 0.558. The number of H-pyrrole nitrogens is 1. The van der Waals surface area contributed by atoms with Gasteiger partial charge in [0.1, 0.15) is 11.4 Å². The molecular formula is C22H24N4O3S. The zero-order valence-corrected chi connectivity index (χ0v) is 18.0. The molecule has 0 bridgehead atoms. The summed E-state index contributed by atoms with van der Waals surface area (Å²) in [6.45, 7) is 3.93. The summed E-state index contributed by atoms with van der Waals surface area (Å²) in [6, 6.07) is 16.9. The Morgan fingerprint density at radius 2 is 1.80 bits per heavy atom. The van der Waals surface area contributed by atoms with Gasteiger partial charge in [0.2, 0.25) is 5.91 Å². The molecule has 0 atom stereocenters. The third kappa shape index (κ3) is 5.48. The zero-order valence-electron chi connectivity index (χ0n) is 17.2. The Bertz CT molecular complexity index is 1040. The first-order chi connectivity index (χ1) is 14.5. The van der Waals surface area contributed by atoms with Gasteiger partial charge < -0.3 is 9.64 Å². The Morgan fingerprint density at radius 3 is 2.40 bits per heavy atom. The van der Waals surface area contributed by atoms with Crippen LogP contribution < -0.4 is 15.2 Å². The van der Waals surface area contributed by atoms with Crippen molar-refractivity contribution in [1.29, 1.82) is 0 Å². The van der Waals surface area contributed by atoms with Crippen molar-refractivity contribution < 1.29 is 9.53 Å². The van der Waals surface area contributed by atoms with Gasteiger partial charge in [-0.25, -0.2) is 0 Å². The second-order valence-corrected chi connectivity index (χ2v) is 7.88. The molecule has 1 N–H and O–H groups in total. The van der Waals surface area contributed by atoms with Crippen molar-refractivity contribution in [2.24, 2.45) is 0 Å². The van der Waals surface area contributed by atoms with E-state index < -0.39 is 0 Å². The van der Waals surface area contributed by atoms with Gasteiger partial charge in [-0.3, -0.25) is 14.6 Å². The number of aromatic nitrogens is 3. The van der Waals surface area contributed by atoms with E-state index in [1.807, 2.05) is 68.4 Å². The molecular weight excluding hydrogens is 400 g/mol. The molecule has 1 heterocycles. The predicted molar refractivity (Wildman–Crippen MR) is 118 cm³/mol. The number of anilines is 1. The standard InChI is InChI=1S/C22H24N4O3S/c1-15(2)26(17-7-5-4-6-8-17)20(27)14-30-22-23-21(28)19(24-25-22)13-16-9-11-18(29-3)12-10-16/h4-12,15H,13-14H2,1-3H3,(H,23,25,28). The summed E-state index contributed by atoms with van der Waals surface area (Å²) in [5.74, 6) is 0.836. The van der Waals surface area contributed by atoms with Gasteiger partial charge in [-0.1, -0.05) is 42.1 Å². The number of benzene rings is 2. The molecule has 0 saturated heterocycles. The Kier molecular flexibility index (Phi) is 7.24. The smallest absolute Gasteiger partial charge is 0.273 e. The second kappa shape index (κ2) is 10.1. The van der Waals surface area contributed by atoms with E-state index in [0.717, 1.165) is 17.0 Å². The summed E-state index contributed by atoms with van der Waals surface area (Å²) < 4.78 is 5.14. The van der Waals surface area contributed by atoms with E-state index in [0.29, 0.717) is 17.3 Å². The number of methoxy groups -OCH3 is 1. The Morgan fingerprint density at radius 1 is 1.10 bits per heavy atom. The molecule has 0 aliphatic heterocycles. The molecule has 3 aromatic rings. The highest BCUT2D eigenvalue weighted by Crippen LogP contribution is 2.20. The van der Waals surface area contributed by atoms with E-state index >= 15 is 0 Å². The van der Waals surface area contributed by atoms with Crippen LogP contribution >= 0.6 is 11.8 Å². The zero-order chi connectivity index (χ0) is 21.5. The number of thioether (sulfide) groups is 1. The van der Waals surface area contributed by atoms with Crippen molar-refractivity contribution in [3.63, 3.8) is 0 Å². The third-order valence-electron chi connectivity index (χ3n) is 4.43. The minimum atomic E-state index is -0.306. The van der Waals surface area contributed by atoms with Crippen LogP contribution in [0.1, 0.15) is 25.1 Å². The highest BCUT2D eigenvalue weighted by molar-refractivity contribution is 7.99. The fourth-order valence-electron chi connectivity index (χ4n) is 2.98. The van der Waals surface area contributed by atoms with Crippen LogP contribution in [0.2, 0.25) is 0 Å². The number of aromatic amines is 1. The van der Waals surface area contributed by atoms with Crippen LogP contribution in [0, 0.1) is 0 Å². The number of amides is 1. The maximum atomic E-state index is 12.8. The van der Waals surface area contributed by atoms with Crippen molar-refractivity contribution in [3.05, 3.63) is 76.2 Å². The van der Waals surface area contributed by atoms with Gasteiger partial charge in [-0.05, 0) is 43.7 Å². The number of para-hydroxylation sites is 1. The van der Waals surface area contributed by atoms with E-state index in [9.17, 15) is 9.59 Å². The highest BCUT2D eigenvalue weighted by atomic mass is 32.2. The number of ether oxygens (including phenoxy) is 1. The van der Waals surface area contributed by atoms with Gasteiger partial charge in [0.05, 0.1) is 12.9 Å². The highest BCUT2D eigenvalue weighted by Gasteiger charge is 2.19. The van der Waals surface area contributed by atoms with Crippen LogP contribution in [-0.4, -0.2) is 40.0 Å². The van der Waals surface area contributed by atoms with E-state index in [1.54, 1.807) is 12.0 Å². The predicted octanol–water partition coefficient (Wildman–Crippen LogP) is 3.30. The molecule has 8 heteroatoms. The van der Waals surface area contributed by atoms with Crippen LogP contribution in [-0.2, 0) is 11.2 Å². The van der Waals surface area contributed by atoms with Crippen LogP contribution in [0.15, 0.2) is 64.5 Å². The molecule has 0 aliphatic carbocycles. The lowest BCUT2D eigenvalue weighted by Crippen LogP contribution is -2.38. The first-order valence-electron chi connectivity index (χ1n) is 9.56. The molecule has 1 amide bonds. The lowest BCUT2D eigenvalue weighted by Gasteiger charge is -2.26. The lowest BCUT2D eigenvalue weighted by molar-refractivity contribution is -0.116. The number of nitrogens with one attached hydrogen (secondary N) is 1. The molecule has 0 spiro atoms. The van der Waals surface area contributed by atoms with E-state index in [4.69, 9.17) is 4.74 Å². The topological polar surface area (TPSA) is 88.2 Å². The normalized spacial score (nSPS) is 10.8. The molecule has 30 heavy (non-hydrogen) atoms. The van der Waals surface area contributed by atoms with Gasteiger partial charge in [0, 0.05) is 18.2 Å². The van der Waals surface area contributed by atoms with Crippen LogP contribution in [0.4, 0.5) is 5.69 Å². The van der Waals surface area contributed by atoms with Gasteiger partial charge in [0.15, 0.2) is 5.16 Å². The molecule has 0 radical (unpaired) electrons. The Labute approximate surface area is 179 Å². The van der Waals surface area contributed by atoms with Crippen LogP contribution in [0.3, 0.4) is 0 Å². The van der Waals surface area contributed by atoms with Crippen LogP contribution in [0.5, 0.6) is 5.75 Å². The number of nitrogens with zero attached hydrogens (tertiary/aromatic N) is 3. The first kappa shape index (κ1) is 21.6. The molecule has 1 aromatic heterocycles. The number of carbonyl (C=O) groups excluding carboxylic acids is 1. The Balaban J connectivity index is 1.65. The minimum Gasteiger partial charge on any atom is -0.497 e. The molecule has 0 aliphatic rings. The van der Waals surface area contributed by atoms with Gasteiger partial charge >= 0.3 is 0 Å². The number of hydrogen-bond acceptors (Lipinski definition) is 6. The van der Waals surface area contributed by atoms with Gasteiger partial charge in [-0.15, -0.1) is 10.2 Å². The van der Waals surface area contributed by atoms with Crippen molar-refractivity contribution in [3.8, 4) is 5.75 Å². The summed E-state index contributed by atoms with van der Waals surface area (Å²) in [5.41, 5.74) is 1.79. The largest absolute Gasteiger partial charge is 0.497 e. The maximum Gasteiger partial charge on any atom is 0.273 e. The minimum absolute atomic E-state index is 0.0116. The molecule has 7 nitrogen and oxygen atoms in total. The average Bonchev–Trinajstić information content (AvgIpc) is 2.75. The van der Waals surface area contributed by atoms with Gasteiger partial charge in [0.25, 0.3) is 5.56 Å². The molecule has 2 aromatic carbocycles. The van der Waals surface area contributed by atoms with E-state index in [1.165, 1.54) is 11.8 Å². The SMILES string of the molecule is COc1ccc(Cc2nnc(SCC(=O)N(c3ccccc3)C(C)C)[nH]c2=O)cc1. The fourth-order valence-corrected chi connectivity index (χ4v) is 3.64. The summed E-state index contributed by atoms with van der Waals surface area (Å²) in [5, 5.41) is 8.46. The number of carbonyl (C=O) groups is 1. The van der Waals surface area contributed by atoms with Crippen LogP contribution in [0.25, 0.3) is 0 Å². The third-order valence-corrected chi connectivity index (χ3v) is 5.27.